The van der Waals surface area contributed by atoms with Gasteiger partial charge in [0.1, 0.15) is 6.54 Å². The lowest BCUT2D eigenvalue weighted by Crippen LogP contribution is -2.38. The molecule has 0 unspecified atom stereocenters. The van der Waals surface area contributed by atoms with Gasteiger partial charge in [-0.15, -0.1) is 0 Å². The minimum atomic E-state index is -4.08. The Morgan fingerprint density at radius 3 is 2.29 bits per heavy atom. The molecule has 0 spiro atoms. The zero-order chi connectivity index (χ0) is 22.6. The zero-order valence-electron chi connectivity index (χ0n) is 16.6. The molecule has 0 fully saturated rings. The van der Waals surface area contributed by atoms with Gasteiger partial charge in [0.25, 0.3) is 15.9 Å². The SMILES string of the molecule is Cc1c(Cl)cccc1N(CC(=O)Nc1ccccc1C(N)=O)S(=O)(=O)c1ccccc1. The molecule has 0 saturated heterocycles. The van der Waals surface area contributed by atoms with Crippen LogP contribution in [0.25, 0.3) is 0 Å². The fraction of sp³-hybridized carbons (Fsp3) is 0.0909. The van der Waals surface area contributed by atoms with Crippen molar-refractivity contribution in [3.63, 3.8) is 0 Å². The molecule has 7 nitrogen and oxygen atoms in total. The van der Waals surface area contributed by atoms with Gasteiger partial charge in [-0.3, -0.25) is 13.9 Å². The predicted octanol–water partition coefficient (Wildman–Crippen LogP) is 3.58. The summed E-state index contributed by atoms with van der Waals surface area (Å²) in [6.07, 6.45) is 0. The molecular formula is C22H20ClN3O4S. The number of amides is 2. The van der Waals surface area contributed by atoms with Gasteiger partial charge in [-0.1, -0.05) is 48.0 Å². The summed E-state index contributed by atoms with van der Waals surface area (Å²) in [7, 11) is -4.08. The fourth-order valence-corrected chi connectivity index (χ4v) is 4.68. The first kappa shape index (κ1) is 22.3. The molecule has 0 radical (unpaired) electrons. The van der Waals surface area contributed by atoms with Crippen LogP contribution in [0.15, 0.2) is 77.7 Å². The van der Waals surface area contributed by atoms with E-state index in [1.54, 1.807) is 55.5 Å². The number of sulfonamides is 1. The number of primary amides is 1. The average Bonchev–Trinajstić information content (AvgIpc) is 2.75. The molecule has 0 aliphatic rings. The van der Waals surface area contributed by atoms with Crippen LogP contribution in [0.3, 0.4) is 0 Å². The Kier molecular flexibility index (Phi) is 6.62. The Hall–Kier alpha value is -3.36. The molecule has 31 heavy (non-hydrogen) atoms. The van der Waals surface area contributed by atoms with Crippen LogP contribution in [0, 0.1) is 6.92 Å². The first-order valence-electron chi connectivity index (χ1n) is 9.23. The van der Waals surface area contributed by atoms with Gasteiger partial charge >= 0.3 is 0 Å². The van der Waals surface area contributed by atoms with Gasteiger partial charge in [-0.2, -0.15) is 0 Å². The Morgan fingerprint density at radius 2 is 1.61 bits per heavy atom. The smallest absolute Gasteiger partial charge is 0.264 e. The monoisotopic (exact) mass is 457 g/mol. The molecular weight excluding hydrogens is 438 g/mol. The second kappa shape index (κ2) is 9.20. The highest BCUT2D eigenvalue weighted by Crippen LogP contribution is 2.31. The Morgan fingerprint density at radius 1 is 0.968 bits per heavy atom. The molecule has 160 valence electrons. The van der Waals surface area contributed by atoms with Crippen LogP contribution in [-0.2, 0) is 14.8 Å². The van der Waals surface area contributed by atoms with Crippen molar-refractivity contribution in [3.05, 3.63) is 88.9 Å². The fourth-order valence-electron chi connectivity index (χ4n) is 3.01. The van der Waals surface area contributed by atoms with Crippen molar-refractivity contribution in [3.8, 4) is 0 Å². The molecule has 9 heteroatoms. The van der Waals surface area contributed by atoms with Crippen molar-refractivity contribution < 1.29 is 18.0 Å². The van der Waals surface area contributed by atoms with E-state index >= 15 is 0 Å². The molecule has 3 aromatic rings. The van der Waals surface area contributed by atoms with Crippen LogP contribution in [0.5, 0.6) is 0 Å². The number of anilines is 2. The molecule has 3 aromatic carbocycles. The van der Waals surface area contributed by atoms with E-state index in [0.717, 1.165) is 4.31 Å². The lowest BCUT2D eigenvalue weighted by Gasteiger charge is -2.26. The summed E-state index contributed by atoms with van der Waals surface area (Å²) in [6, 6.07) is 18.8. The molecule has 0 bridgehead atoms. The molecule has 0 saturated carbocycles. The standard InChI is InChI=1S/C22H20ClN3O4S/c1-15-18(23)11-7-13-20(15)26(31(29,30)16-8-3-2-4-9-16)14-21(27)25-19-12-6-5-10-17(19)22(24)28/h2-13H,14H2,1H3,(H2,24,28)(H,25,27). The molecule has 0 aliphatic carbocycles. The lowest BCUT2D eigenvalue weighted by atomic mass is 10.1. The number of carbonyl (C=O) groups excluding carboxylic acids is 2. The number of nitrogens with one attached hydrogen (secondary N) is 1. The number of benzene rings is 3. The van der Waals surface area contributed by atoms with E-state index in [4.69, 9.17) is 17.3 Å². The van der Waals surface area contributed by atoms with Crippen molar-refractivity contribution in [2.45, 2.75) is 11.8 Å². The molecule has 0 heterocycles. The molecule has 3 N–H and O–H groups in total. The summed E-state index contributed by atoms with van der Waals surface area (Å²) in [5.41, 5.74) is 6.45. The van der Waals surface area contributed by atoms with Crippen LogP contribution in [0.2, 0.25) is 5.02 Å². The highest BCUT2D eigenvalue weighted by Gasteiger charge is 2.29. The summed E-state index contributed by atoms with van der Waals surface area (Å²) in [5.74, 6) is -1.36. The van der Waals surface area contributed by atoms with E-state index in [1.165, 1.54) is 24.3 Å². The van der Waals surface area contributed by atoms with E-state index in [2.05, 4.69) is 5.32 Å². The minimum Gasteiger partial charge on any atom is -0.366 e. The zero-order valence-corrected chi connectivity index (χ0v) is 18.2. The summed E-state index contributed by atoms with van der Waals surface area (Å²) >= 11 is 6.20. The third-order valence-electron chi connectivity index (χ3n) is 4.59. The second-order valence-corrected chi connectivity index (χ2v) is 8.94. The van der Waals surface area contributed by atoms with Gasteiger partial charge in [0, 0.05) is 5.02 Å². The maximum atomic E-state index is 13.4. The molecule has 0 aromatic heterocycles. The van der Waals surface area contributed by atoms with Crippen molar-refractivity contribution in [2.75, 3.05) is 16.2 Å². The van der Waals surface area contributed by atoms with Crippen molar-refractivity contribution >= 4 is 44.8 Å². The Balaban J connectivity index is 2.01. The molecule has 0 aliphatic heterocycles. The van der Waals surface area contributed by atoms with Crippen LogP contribution in [0.4, 0.5) is 11.4 Å². The Bertz CT molecular complexity index is 1230. The summed E-state index contributed by atoms with van der Waals surface area (Å²) in [4.78, 5) is 24.5. The third kappa shape index (κ3) is 4.87. The van der Waals surface area contributed by atoms with E-state index < -0.39 is 28.4 Å². The van der Waals surface area contributed by atoms with Gasteiger partial charge in [-0.25, -0.2) is 8.42 Å². The highest BCUT2D eigenvalue weighted by molar-refractivity contribution is 7.92. The minimum absolute atomic E-state index is 0.0275. The quantitative estimate of drug-likeness (QED) is 0.565. The average molecular weight is 458 g/mol. The predicted molar refractivity (Wildman–Crippen MR) is 121 cm³/mol. The Labute approximate surface area is 185 Å². The maximum absolute atomic E-state index is 13.4. The van der Waals surface area contributed by atoms with Crippen LogP contribution in [-0.4, -0.2) is 26.8 Å². The summed E-state index contributed by atoms with van der Waals surface area (Å²) in [5, 5.41) is 2.94. The van der Waals surface area contributed by atoms with Gasteiger partial charge in [0.15, 0.2) is 0 Å². The number of nitrogens with two attached hydrogens (primary N) is 1. The topological polar surface area (TPSA) is 110 Å². The number of carbonyl (C=O) groups is 2. The van der Waals surface area contributed by atoms with Crippen molar-refractivity contribution in [2.24, 2.45) is 5.73 Å². The van der Waals surface area contributed by atoms with Crippen molar-refractivity contribution in [1.82, 2.24) is 0 Å². The van der Waals surface area contributed by atoms with Gasteiger partial charge in [0.2, 0.25) is 5.91 Å². The first-order chi connectivity index (χ1) is 14.7. The number of para-hydroxylation sites is 1. The molecule has 2 amide bonds. The first-order valence-corrected chi connectivity index (χ1v) is 11.0. The number of nitrogens with zero attached hydrogens (tertiary/aromatic N) is 1. The largest absolute Gasteiger partial charge is 0.366 e. The maximum Gasteiger partial charge on any atom is 0.264 e. The highest BCUT2D eigenvalue weighted by atomic mass is 35.5. The van der Waals surface area contributed by atoms with Gasteiger partial charge < -0.3 is 11.1 Å². The van der Waals surface area contributed by atoms with Crippen LogP contribution >= 0.6 is 11.6 Å². The number of hydrogen-bond donors (Lipinski definition) is 2. The van der Waals surface area contributed by atoms with Crippen LogP contribution in [0.1, 0.15) is 15.9 Å². The number of halogens is 1. The van der Waals surface area contributed by atoms with Crippen molar-refractivity contribution in [1.29, 1.82) is 0 Å². The molecule has 0 atom stereocenters. The van der Waals surface area contributed by atoms with Gasteiger partial charge in [-0.05, 0) is 48.9 Å². The molecule has 3 rings (SSSR count). The van der Waals surface area contributed by atoms with E-state index in [1.807, 2.05) is 0 Å². The lowest BCUT2D eigenvalue weighted by molar-refractivity contribution is -0.114. The summed E-state index contributed by atoms with van der Waals surface area (Å²) in [6.45, 7) is 1.14. The third-order valence-corrected chi connectivity index (χ3v) is 6.78. The van der Waals surface area contributed by atoms with E-state index in [9.17, 15) is 18.0 Å². The van der Waals surface area contributed by atoms with Gasteiger partial charge in [0.05, 0.1) is 21.8 Å². The van der Waals surface area contributed by atoms with Crippen LogP contribution < -0.4 is 15.4 Å². The normalized spacial score (nSPS) is 11.0. The number of hydrogen-bond acceptors (Lipinski definition) is 4. The van der Waals surface area contributed by atoms with E-state index in [0.29, 0.717) is 10.6 Å². The van der Waals surface area contributed by atoms with E-state index in [-0.39, 0.29) is 21.8 Å². The number of rotatable bonds is 7. The summed E-state index contributed by atoms with van der Waals surface area (Å²) < 4.78 is 27.8. The second-order valence-electron chi connectivity index (χ2n) is 6.67.